The van der Waals surface area contributed by atoms with E-state index in [9.17, 15) is 9.59 Å². The number of carbonyl (C=O) groups excluding carboxylic acids is 1. The second kappa shape index (κ2) is 8.97. The summed E-state index contributed by atoms with van der Waals surface area (Å²) in [6, 6.07) is 12.8. The quantitative estimate of drug-likeness (QED) is 0.478. The number of ether oxygens (including phenoxy) is 2. The number of anilines is 1. The van der Waals surface area contributed by atoms with Crippen LogP contribution in [0.4, 0.5) is 5.69 Å². The molecule has 9 heteroatoms. The molecule has 0 saturated carbocycles. The number of benzene rings is 2. The van der Waals surface area contributed by atoms with Crippen molar-refractivity contribution in [3.8, 4) is 11.5 Å². The number of amides is 1. The van der Waals surface area contributed by atoms with E-state index in [4.69, 9.17) is 9.47 Å². The van der Waals surface area contributed by atoms with Crippen LogP contribution in [0.2, 0.25) is 0 Å². The van der Waals surface area contributed by atoms with E-state index in [-0.39, 0.29) is 18.1 Å². The summed E-state index contributed by atoms with van der Waals surface area (Å²) in [7, 11) is 0. The number of nitrogens with one attached hydrogen (secondary N) is 1. The highest BCUT2D eigenvalue weighted by molar-refractivity contribution is 7.15. The van der Waals surface area contributed by atoms with E-state index in [0.717, 1.165) is 11.1 Å². The first-order valence-corrected chi connectivity index (χ1v) is 10.5. The zero-order valence-electron chi connectivity index (χ0n) is 17.0. The normalized spacial score (nSPS) is 11.6. The van der Waals surface area contributed by atoms with Crippen LogP contribution in [-0.4, -0.2) is 33.7 Å². The van der Waals surface area contributed by atoms with Gasteiger partial charge in [-0.1, -0.05) is 35.1 Å². The maximum absolute atomic E-state index is 12.4. The summed E-state index contributed by atoms with van der Waals surface area (Å²) in [5.41, 5.74) is 2.37. The van der Waals surface area contributed by atoms with Crippen LogP contribution in [-0.2, 0) is 4.79 Å². The van der Waals surface area contributed by atoms with Crippen LogP contribution in [0, 0.1) is 6.92 Å². The summed E-state index contributed by atoms with van der Waals surface area (Å²) in [4.78, 5) is 29.2. The van der Waals surface area contributed by atoms with E-state index >= 15 is 0 Å². The summed E-state index contributed by atoms with van der Waals surface area (Å²) >= 11 is 1.26. The third-order valence-electron chi connectivity index (χ3n) is 4.38. The highest BCUT2D eigenvalue weighted by Crippen LogP contribution is 2.29. The number of hydrogen-bond acceptors (Lipinski definition) is 7. The lowest BCUT2D eigenvalue weighted by atomic mass is 10.2. The van der Waals surface area contributed by atoms with E-state index in [1.165, 1.54) is 22.2 Å². The van der Waals surface area contributed by atoms with Gasteiger partial charge in [0.15, 0.2) is 18.1 Å². The Morgan fingerprint density at radius 2 is 1.97 bits per heavy atom. The average Bonchev–Trinajstić information content (AvgIpc) is 3.33. The first kappa shape index (κ1) is 20.5. The molecule has 0 aliphatic rings. The van der Waals surface area contributed by atoms with Crippen LogP contribution in [0.15, 0.2) is 53.6 Å². The third-order valence-corrected chi connectivity index (χ3v) is 5.35. The Labute approximate surface area is 181 Å². The fourth-order valence-corrected chi connectivity index (χ4v) is 3.79. The van der Waals surface area contributed by atoms with Crippen molar-refractivity contribution >= 4 is 34.0 Å². The summed E-state index contributed by atoms with van der Waals surface area (Å²) in [5.74, 6) is 0.668. The molecule has 31 heavy (non-hydrogen) atoms. The maximum Gasteiger partial charge on any atom is 0.291 e. The Morgan fingerprint density at radius 3 is 2.71 bits per heavy atom. The molecule has 4 aromatic rings. The Morgan fingerprint density at radius 1 is 1.16 bits per heavy atom. The van der Waals surface area contributed by atoms with E-state index in [1.807, 2.05) is 38.1 Å². The number of aromatic nitrogens is 3. The smallest absolute Gasteiger partial charge is 0.291 e. The highest BCUT2D eigenvalue weighted by Gasteiger charge is 2.10. The zero-order valence-corrected chi connectivity index (χ0v) is 17.8. The van der Waals surface area contributed by atoms with Gasteiger partial charge >= 0.3 is 0 Å². The number of aryl methyl sites for hydroxylation is 1. The molecule has 0 fully saturated rings. The largest absolute Gasteiger partial charge is 0.490 e. The lowest BCUT2D eigenvalue weighted by molar-refractivity contribution is -0.118. The predicted molar refractivity (Wildman–Crippen MR) is 119 cm³/mol. The molecular formula is C22H20N4O4S. The molecular weight excluding hydrogens is 416 g/mol. The molecule has 1 amide bonds. The van der Waals surface area contributed by atoms with Gasteiger partial charge in [0, 0.05) is 5.69 Å². The second-order valence-corrected chi connectivity index (χ2v) is 7.72. The third kappa shape index (κ3) is 4.72. The molecule has 2 heterocycles. The summed E-state index contributed by atoms with van der Waals surface area (Å²) < 4.78 is 13.1. The molecule has 0 aliphatic carbocycles. The Hall–Kier alpha value is -3.72. The molecule has 1 N–H and O–H groups in total. The van der Waals surface area contributed by atoms with Gasteiger partial charge in [-0.25, -0.2) is 4.98 Å². The summed E-state index contributed by atoms with van der Waals surface area (Å²) in [6.45, 7) is 4.12. The fraction of sp³-hybridized carbons (Fsp3) is 0.182. The van der Waals surface area contributed by atoms with Crippen molar-refractivity contribution < 1.29 is 14.3 Å². The number of fused-ring (bicyclic) bond motifs is 1. The number of thiazole rings is 1. The molecule has 0 unspecified atom stereocenters. The molecule has 158 valence electrons. The van der Waals surface area contributed by atoms with Crippen LogP contribution in [0.25, 0.3) is 11.0 Å². The topological polar surface area (TPSA) is 94.8 Å². The van der Waals surface area contributed by atoms with Gasteiger partial charge < -0.3 is 14.8 Å². The van der Waals surface area contributed by atoms with Crippen molar-refractivity contribution in [2.45, 2.75) is 13.8 Å². The van der Waals surface area contributed by atoms with Crippen LogP contribution in [0.5, 0.6) is 11.5 Å². The first-order valence-electron chi connectivity index (χ1n) is 9.64. The Balaban J connectivity index is 1.50. The Bertz CT molecular complexity index is 1330. The van der Waals surface area contributed by atoms with Crippen molar-refractivity contribution in [3.63, 3.8) is 0 Å². The van der Waals surface area contributed by atoms with Crippen LogP contribution in [0.1, 0.15) is 18.1 Å². The van der Waals surface area contributed by atoms with E-state index in [2.05, 4.69) is 15.4 Å². The number of rotatable bonds is 7. The minimum Gasteiger partial charge on any atom is -0.490 e. The SMILES string of the molecule is CCOc1cc(/C=c2\sc3ncnn3c2=O)ccc1OCC(=O)Nc1ccc(C)cc1. The predicted octanol–water partition coefficient (Wildman–Crippen LogP) is 2.42. The minimum absolute atomic E-state index is 0.157. The molecule has 0 bridgehead atoms. The van der Waals surface area contributed by atoms with E-state index in [0.29, 0.717) is 33.3 Å². The van der Waals surface area contributed by atoms with Crippen molar-refractivity contribution in [1.82, 2.24) is 14.6 Å². The van der Waals surface area contributed by atoms with Crippen LogP contribution >= 0.6 is 11.3 Å². The van der Waals surface area contributed by atoms with Crippen LogP contribution in [0.3, 0.4) is 0 Å². The van der Waals surface area contributed by atoms with Gasteiger partial charge in [0.1, 0.15) is 6.33 Å². The number of nitrogens with zero attached hydrogens (tertiary/aromatic N) is 3. The summed E-state index contributed by atoms with van der Waals surface area (Å²) in [5, 5.41) is 6.71. The van der Waals surface area contributed by atoms with Crippen molar-refractivity contribution in [1.29, 1.82) is 0 Å². The molecule has 0 radical (unpaired) electrons. The summed E-state index contributed by atoms with van der Waals surface area (Å²) in [6.07, 6.45) is 3.10. The van der Waals surface area contributed by atoms with Gasteiger partial charge in [-0.2, -0.15) is 9.61 Å². The highest BCUT2D eigenvalue weighted by atomic mass is 32.1. The van der Waals surface area contributed by atoms with Crippen molar-refractivity contribution in [3.05, 3.63) is 74.8 Å². The van der Waals surface area contributed by atoms with E-state index < -0.39 is 0 Å². The number of hydrogen-bond donors (Lipinski definition) is 1. The lowest BCUT2D eigenvalue weighted by Crippen LogP contribution is -2.23. The molecule has 8 nitrogen and oxygen atoms in total. The van der Waals surface area contributed by atoms with Gasteiger partial charge in [0.05, 0.1) is 11.1 Å². The van der Waals surface area contributed by atoms with Gasteiger partial charge in [-0.15, -0.1) is 0 Å². The average molecular weight is 436 g/mol. The van der Waals surface area contributed by atoms with Crippen molar-refractivity contribution in [2.24, 2.45) is 0 Å². The molecule has 0 aliphatic heterocycles. The fourth-order valence-electron chi connectivity index (χ4n) is 2.91. The minimum atomic E-state index is -0.271. The van der Waals surface area contributed by atoms with Gasteiger partial charge in [-0.3, -0.25) is 9.59 Å². The standard InChI is InChI=1S/C22H20N4O4S/c1-3-29-18-10-15(11-19-21(28)26-22(31-19)23-13-24-26)6-9-17(18)30-12-20(27)25-16-7-4-14(2)5-8-16/h4-11,13H,3,12H2,1-2H3,(H,25,27)/b19-11-. The zero-order chi connectivity index (χ0) is 21.8. The molecule has 0 spiro atoms. The number of carbonyl (C=O) groups is 1. The van der Waals surface area contributed by atoms with Gasteiger partial charge in [-0.05, 0) is 49.8 Å². The molecule has 0 atom stereocenters. The van der Waals surface area contributed by atoms with Crippen molar-refractivity contribution in [2.75, 3.05) is 18.5 Å². The first-order chi connectivity index (χ1) is 15.0. The Kier molecular flexibility index (Phi) is 5.94. The van der Waals surface area contributed by atoms with Gasteiger partial charge in [0.25, 0.3) is 11.5 Å². The molecule has 2 aromatic carbocycles. The lowest BCUT2D eigenvalue weighted by Gasteiger charge is -2.13. The maximum atomic E-state index is 12.4. The van der Waals surface area contributed by atoms with E-state index in [1.54, 1.807) is 24.3 Å². The monoisotopic (exact) mass is 436 g/mol. The molecule has 2 aromatic heterocycles. The molecule has 0 saturated heterocycles. The van der Waals surface area contributed by atoms with Crippen LogP contribution < -0.4 is 24.9 Å². The second-order valence-electron chi connectivity index (χ2n) is 6.71. The van der Waals surface area contributed by atoms with Gasteiger partial charge in [0.2, 0.25) is 4.96 Å². The molecule has 4 rings (SSSR count).